The van der Waals surface area contributed by atoms with Crippen LogP contribution in [0, 0.1) is 0 Å². The number of hydrogen-bond acceptors (Lipinski definition) is 3. The highest BCUT2D eigenvalue weighted by molar-refractivity contribution is 5.81. The Balaban J connectivity index is 2.66. The third-order valence-corrected chi connectivity index (χ3v) is 4.10. The second-order valence-corrected chi connectivity index (χ2v) is 5.15. The lowest BCUT2D eigenvalue weighted by molar-refractivity contribution is -0.137. The maximum atomic E-state index is 12.4. The van der Waals surface area contributed by atoms with Crippen LogP contribution < -0.4 is 5.73 Å². The van der Waals surface area contributed by atoms with Crippen LogP contribution in [0.5, 0.6) is 0 Å². The minimum Gasteiger partial charge on any atom is -0.342 e. The minimum atomic E-state index is 0.00162. The summed E-state index contributed by atoms with van der Waals surface area (Å²) in [7, 11) is 0. The molecule has 2 N–H and O–H groups in total. The van der Waals surface area contributed by atoms with Crippen LogP contribution in [-0.2, 0) is 4.79 Å². The summed E-state index contributed by atoms with van der Waals surface area (Å²) in [5.41, 5.74) is 5.69. The van der Waals surface area contributed by atoms with Crippen LogP contribution >= 0.6 is 0 Å². The van der Waals surface area contributed by atoms with Crippen LogP contribution in [0.25, 0.3) is 0 Å². The van der Waals surface area contributed by atoms with Gasteiger partial charge in [0.2, 0.25) is 5.91 Å². The summed E-state index contributed by atoms with van der Waals surface area (Å²) >= 11 is 0. The van der Waals surface area contributed by atoms with E-state index in [2.05, 4.69) is 11.8 Å². The van der Waals surface area contributed by atoms with E-state index in [1.807, 2.05) is 18.7 Å². The maximum absolute atomic E-state index is 12.4. The van der Waals surface area contributed by atoms with Gasteiger partial charge in [0.25, 0.3) is 0 Å². The Kier molecular flexibility index (Phi) is 6.65. The molecule has 0 saturated carbocycles. The summed E-state index contributed by atoms with van der Waals surface area (Å²) in [4.78, 5) is 16.7. The molecule has 18 heavy (non-hydrogen) atoms. The first-order chi connectivity index (χ1) is 8.65. The summed E-state index contributed by atoms with van der Waals surface area (Å²) < 4.78 is 0. The Morgan fingerprint density at radius 2 is 2.06 bits per heavy atom. The van der Waals surface area contributed by atoms with Crippen molar-refractivity contribution in [3.8, 4) is 0 Å². The molecule has 1 fully saturated rings. The molecule has 0 aromatic rings. The van der Waals surface area contributed by atoms with Crippen LogP contribution in [0.1, 0.15) is 46.5 Å². The fourth-order valence-electron chi connectivity index (χ4n) is 2.98. The highest BCUT2D eigenvalue weighted by Gasteiger charge is 2.31. The van der Waals surface area contributed by atoms with Gasteiger partial charge in [-0.25, -0.2) is 0 Å². The van der Waals surface area contributed by atoms with Crippen LogP contribution in [-0.4, -0.2) is 54.0 Å². The number of rotatable bonds is 6. The Morgan fingerprint density at radius 3 is 2.61 bits per heavy atom. The van der Waals surface area contributed by atoms with Crippen molar-refractivity contribution in [3.05, 3.63) is 0 Å². The predicted octanol–water partition coefficient (Wildman–Crippen LogP) is 1.45. The number of piperidine rings is 1. The molecule has 4 nitrogen and oxygen atoms in total. The van der Waals surface area contributed by atoms with Crippen LogP contribution in [0.3, 0.4) is 0 Å². The number of likely N-dealkylation sites (tertiary alicyclic amines) is 1. The van der Waals surface area contributed by atoms with Crippen molar-refractivity contribution in [3.63, 3.8) is 0 Å². The molecule has 0 spiro atoms. The van der Waals surface area contributed by atoms with Crippen LogP contribution in [0.4, 0.5) is 0 Å². The Hall–Kier alpha value is -0.610. The lowest BCUT2D eigenvalue weighted by atomic mass is 9.97. The SMILES string of the molecule is CCN(CC)C(=O)C(C)N1CCCCC1CCN. The zero-order valence-electron chi connectivity index (χ0n) is 12.2. The fourth-order valence-corrected chi connectivity index (χ4v) is 2.98. The van der Waals surface area contributed by atoms with Crippen molar-refractivity contribution >= 4 is 5.91 Å². The predicted molar refractivity (Wildman–Crippen MR) is 75.4 cm³/mol. The summed E-state index contributed by atoms with van der Waals surface area (Å²) in [5, 5.41) is 0. The molecule has 2 atom stereocenters. The number of carbonyl (C=O) groups excluding carboxylic acids is 1. The first-order valence-corrected chi connectivity index (χ1v) is 7.40. The maximum Gasteiger partial charge on any atom is 0.239 e. The average Bonchev–Trinajstić information content (AvgIpc) is 2.40. The number of carbonyl (C=O) groups is 1. The zero-order valence-corrected chi connectivity index (χ0v) is 12.2. The van der Waals surface area contributed by atoms with Crippen molar-refractivity contribution < 1.29 is 4.79 Å². The summed E-state index contributed by atoms with van der Waals surface area (Å²) in [5.74, 6) is 0.268. The lowest BCUT2D eigenvalue weighted by Crippen LogP contribution is -2.53. The lowest BCUT2D eigenvalue weighted by Gasteiger charge is -2.40. The van der Waals surface area contributed by atoms with E-state index in [-0.39, 0.29) is 11.9 Å². The van der Waals surface area contributed by atoms with Gasteiger partial charge >= 0.3 is 0 Å². The molecule has 106 valence electrons. The molecule has 4 heteroatoms. The highest BCUT2D eigenvalue weighted by Crippen LogP contribution is 2.22. The van der Waals surface area contributed by atoms with Crippen molar-refractivity contribution in [2.75, 3.05) is 26.2 Å². The van der Waals surface area contributed by atoms with E-state index in [1.165, 1.54) is 19.3 Å². The summed E-state index contributed by atoms with van der Waals surface area (Å²) in [6.07, 6.45) is 4.67. The van der Waals surface area contributed by atoms with Crippen LogP contribution in [0.2, 0.25) is 0 Å². The molecule has 2 unspecified atom stereocenters. The quantitative estimate of drug-likeness (QED) is 0.781. The molecule has 1 aliphatic heterocycles. The third-order valence-electron chi connectivity index (χ3n) is 4.10. The Labute approximate surface area is 111 Å². The van der Waals surface area contributed by atoms with E-state index in [0.717, 1.165) is 26.1 Å². The first kappa shape index (κ1) is 15.4. The van der Waals surface area contributed by atoms with Crippen molar-refractivity contribution in [2.45, 2.75) is 58.5 Å². The van der Waals surface area contributed by atoms with Crippen molar-refractivity contribution in [1.82, 2.24) is 9.80 Å². The monoisotopic (exact) mass is 255 g/mol. The van der Waals surface area contributed by atoms with Gasteiger partial charge in [0, 0.05) is 19.1 Å². The summed E-state index contributed by atoms with van der Waals surface area (Å²) in [6, 6.07) is 0.500. The van der Waals surface area contributed by atoms with E-state index in [4.69, 9.17) is 5.73 Å². The smallest absolute Gasteiger partial charge is 0.239 e. The highest BCUT2D eigenvalue weighted by atomic mass is 16.2. The van der Waals surface area contributed by atoms with Gasteiger partial charge in [0.1, 0.15) is 0 Å². The standard InChI is InChI=1S/C14H29N3O/c1-4-16(5-2)14(18)12(3)17-11-7-6-8-13(17)9-10-15/h12-13H,4-11,15H2,1-3H3. The molecule has 1 rings (SSSR count). The number of nitrogens with two attached hydrogens (primary N) is 1. The van der Waals surface area contributed by atoms with Gasteiger partial charge in [-0.15, -0.1) is 0 Å². The molecule has 1 saturated heterocycles. The first-order valence-electron chi connectivity index (χ1n) is 7.40. The topological polar surface area (TPSA) is 49.6 Å². The number of hydrogen-bond donors (Lipinski definition) is 1. The van der Waals surface area contributed by atoms with Gasteiger partial charge in [-0.3, -0.25) is 9.69 Å². The molecule has 0 aliphatic carbocycles. The largest absolute Gasteiger partial charge is 0.342 e. The van der Waals surface area contributed by atoms with Crippen molar-refractivity contribution in [1.29, 1.82) is 0 Å². The number of likely N-dealkylation sites (N-methyl/N-ethyl adjacent to an activating group) is 1. The minimum absolute atomic E-state index is 0.00162. The van der Waals surface area contributed by atoms with Gasteiger partial charge in [-0.1, -0.05) is 6.42 Å². The Morgan fingerprint density at radius 1 is 1.39 bits per heavy atom. The average molecular weight is 255 g/mol. The second-order valence-electron chi connectivity index (χ2n) is 5.15. The molecule has 0 aromatic carbocycles. The van der Waals surface area contributed by atoms with Gasteiger partial charge < -0.3 is 10.6 Å². The van der Waals surface area contributed by atoms with E-state index in [9.17, 15) is 4.79 Å². The fraction of sp³-hybridized carbons (Fsp3) is 0.929. The molecule has 0 aromatic heterocycles. The van der Waals surface area contributed by atoms with E-state index in [0.29, 0.717) is 12.6 Å². The van der Waals surface area contributed by atoms with Crippen LogP contribution in [0.15, 0.2) is 0 Å². The van der Waals surface area contributed by atoms with Gasteiger partial charge in [-0.05, 0) is 53.1 Å². The molecule has 1 amide bonds. The van der Waals surface area contributed by atoms with Crippen molar-refractivity contribution in [2.24, 2.45) is 5.73 Å². The number of nitrogens with zero attached hydrogens (tertiary/aromatic N) is 2. The van der Waals surface area contributed by atoms with E-state index >= 15 is 0 Å². The second kappa shape index (κ2) is 7.74. The molecule has 1 aliphatic rings. The van der Waals surface area contributed by atoms with Gasteiger partial charge in [-0.2, -0.15) is 0 Å². The molecule has 0 radical (unpaired) electrons. The van der Waals surface area contributed by atoms with E-state index in [1.54, 1.807) is 0 Å². The Bertz CT molecular complexity index is 251. The number of amides is 1. The molecule has 0 bridgehead atoms. The summed E-state index contributed by atoms with van der Waals surface area (Å²) in [6.45, 7) is 9.50. The van der Waals surface area contributed by atoms with Gasteiger partial charge in [0.05, 0.1) is 6.04 Å². The normalized spacial score (nSPS) is 22.8. The van der Waals surface area contributed by atoms with Gasteiger partial charge in [0.15, 0.2) is 0 Å². The van der Waals surface area contributed by atoms with E-state index < -0.39 is 0 Å². The molecular weight excluding hydrogens is 226 g/mol. The molecular formula is C14H29N3O. The molecule has 1 heterocycles. The zero-order chi connectivity index (χ0) is 13.5. The third kappa shape index (κ3) is 3.69.